The summed E-state index contributed by atoms with van der Waals surface area (Å²) in [4.78, 5) is 0. The molecule has 0 aromatic heterocycles. The van der Waals surface area contributed by atoms with E-state index in [-0.39, 0.29) is 6.04 Å². The van der Waals surface area contributed by atoms with E-state index in [0.29, 0.717) is 5.92 Å². The Hall–Kier alpha value is -0.0800. The van der Waals surface area contributed by atoms with Crippen molar-refractivity contribution in [3.8, 4) is 0 Å². The fourth-order valence-electron chi connectivity index (χ4n) is 6.41. The lowest BCUT2D eigenvalue weighted by Crippen LogP contribution is -2.60. The highest BCUT2D eigenvalue weighted by Crippen LogP contribution is 2.58. The Labute approximate surface area is 117 Å². The van der Waals surface area contributed by atoms with Crippen LogP contribution in [0.2, 0.25) is 0 Å². The molecule has 0 aromatic rings. The molecule has 5 fully saturated rings. The Kier molecular flexibility index (Phi) is 2.97. The Morgan fingerprint density at radius 2 is 1.37 bits per heavy atom. The van der Waals surface area contributed by atoms with Gasteiger partial charge in [-0.25, -0.2) is 0 Å². The second kappa shape index (κ2) is 4.46. The van der Waals surface area contributed by atoms with Gasteiger partial charge in [-0.05, 0) is 74.5 Å². The molecule has 5 rings (SSSR count). The molecular weight excluding hydrogens is 234 g/mol. The minimum Gasteiger partial charge on any atom is -0.388 e. The molecule has 0 amide bonds. The molecule has 1 unspecified atom stereocenters. The van der Waals surface area contributed by atoms with E-state index < -0.39 is 5.60 Å². The Morgan fingerprint density at radius 1 is 0.842 bits per heavy atom. The molecule has 1 atom stereocenters. The molecule has 0 aliphatic heterocycles. The third-order valence-electron chi connectivity index (χ3n) is 7.05. The van der Waals surface area contributed by atoms with Crippen molar-refractivity contribution in [2.75, 3.05) is 0 Å². The normalized spacial score (nSPS) is 49.3. The van der Waals surface area contributed by atoms with E-state index >= 15 is 0 Å². The summed E-state index contributed by atoms with van der Waals surface area (Å²) in [6.45, 7) is 0. The van der Waals surface area contributed by atoms with Gasteiger partial charge in [-0.1, -0.05) is 19.3 Å². The van der Waals surface area contributed by atoms with Crippen LogP contribution in [0.15, 0.2) is 0 Å². The van der Waals surface area contributed by atoms with Gasteiger partial charge in [0.05, 0.1) is 5.60 Å². The van der Waals surface area contributed by atoms with Crippen molar-refractivity contribution in [3.63, 3.8) is 0 Å². The van der Waals surface area contributed by atoms with Crippen molar-refractivity contribution in [2.24, 2.45) is 35.3 Å². The molecular formula is C17H29NO. The topological polar surface area (TPSA) is 46.2 Å². The average Bonchev–Trinajstić information content (AvgIpc) is 2.38. The van der Waals surface area contributed by atoms with E-state index in [0.717, 1.165) is 36.5 Å². The molecule has 5 aliphatic rings. The van der Waals surface area contributed by atoms with E-state index in [9.17, 15) is 5.11 Å². The van der Waals surface area contributed by atoms with Crippen LogP contribution in [-0.4, -0.2) is 16.7 Å². The van der Waals surface area contributed by atoms with Gasteiger partial charge in [0.15, 0.2) is 0 Å². The van der Waals surface area contributed by atoms with Gasteiger partial charge >= 0.3 is 0 Å². The van der Waals surface area contributed by atoms with E-state index in [1.54, 1.807) is 0 Å². The van der Waals surface area contributed by atoms with Gasteiger partial charge in [-0.15, -0.1) is 0 Å². The molecule has 0 aromatic carbocycles. The lowest BCUT2D eigenvalue weighted by atomic mass is 9.49. The number of rotatable bonds is 2. The monoisotopic (exact) mass is 263 g/mol. The fourth-order valence-corrected chi connectivity index (χ4v) is 6.41. The molecule has 2 heteroatoms. The van der Waals surface area contributed by atoms with E-state index in [1.807, 2.05) is 0 Å². The first-order chi connectivity index (χ1) is 9.16. The summed E-state index contributed by atoms with van der Waals surface area (Å²) in [6, 6.07) is 0.0581. The van der Waals surface area contributed by atoms with Crippen LogP contribution in [0.4, 0.5) is 0 Å². The van der Waals surface area contributed by atoms with Crippen LogP contribution < -0.4 is 5.73 Å². The summed E-state index contributed by atoms with van der Waals surface area (Å²) in [7, 11) is 0. The lowest BCUT2D eigenvalue weighted by molar-refractivity contribution is -0.106. The van der Waals surface area contributed by atoms with Crippen LogP contribution in [0.5, 0.6) is 0 Å². The Bertz CT molecular complexity index is 319. The van der Waals surface area contributed by atoms with Crippen LogP contribution in [0, 0.1) is 29.6 Å². The predicted octanol–water partition coefficient (Wildman–Crippen LogP) is 3.08. The second-order valence-corrected chi connectivity index (χ2v) is 8.20. The highest BCUT2D eigenvalue weighted by Gasteiger charge is 2.53. The molecule has 0 radical (unpaired) electrons. The minimum absolute atomic E-state index is 0.0581. The molecule has 108 valence electrons. The van der Waals surface area contributed by atoms with Gasteiger partial charge in [0.1, 0.15) is 0 Å². The number of hydrogen-bond acceptors (Lipinski definition) is 2. The van der Waals surface area contributed by atoms with Crippen molar-refractivity contribution in [3.05, 3.63) is 0 Å². The third kappa shape index (κ3) is 1.98. The standard InChI is InChI=1S/C17H29NO/c18-16(17(19)4-2-1-3-5-17)15-13-7-11-6-12(9-13)10-14(15)8-11/h11-16,19H,1-10,18H2. The van der Waals surface area contributed by atoms with Crippen molar-refractivity contribution in [1.29, 1.82) is 0 Å². The third-order valence-corrected chi connectivity index (χ3v) is 7.05. The van der Waals surface area contributed by atoms with Gasteiger partial charge in [-0.3, -0.25) is 0 Å². The fraction of sp³-hybridized carbons (Fsp3) is 1.00. The van der Waals surface area contributed by atoms with Crippen molar-refractivity contribution < 1.29 is 5.11 Å². The van der Waals surface area contributed by atoms with Crippen molar-refractivity contribution in [1.82, 2.24) is 0 Å². The molecule has 5 aliphatic carbocycles. The van der Waals surface area contributed by atoms with Crippen LogP contribution in [0.25, 0.3) is 0 Å². The lowest BCUT2D eigenvalue weighted by Gasteiger charge is -2.58. The van der Waals surface area contributed by atoms with Crippen LogP contribution >= 0.6 is 0 Å². The molecule has 5 saturated carbocycles. The van der Waals surface area contributed by atoms with Crippen molar-refractivity contribution in [2.45, 2.75) is 75.9 Å². The molecule has 19 heavy (non-hydrogen) atoms. The zero-order valence-electron chi connectivity index (χ0n) is 12.1. The van der Waals surface area contributed by atoms with Crippen LogP contribution in [0.3, 0.4) is 0 Å². The summed E-state index contributed by atoms with van der Waals surface area (Å²) in [5.41, 5.74) is 6.13. The Balaban J connectivity index is 1.55. The van der Waals surface area contributed by atoms with E-state index in [2.05, 4.69) is 0 Å². The highest BCUT2D eigenvalue weighted by molar-refractivity contribution is 5.06. The highest BCUT2D eigenvalue weighted by atomic mass is 16.3. The largest absolute Gasteiger partial charge is 0.388 e. The first-order valence-corrected chi connectivity index (χ1v) is 8.64. The molecule has 0 saturated heterocycles. The summed E-state index contributed by atoms with van der Waals surface area (Å²) in [5, 5.41) is 11.0. The molecule has 0 heterocycles. The quantitative estimate of drug-likeness (QED) is 0.804. The van der Waals surface area contributed by atoms with E-state index in [4.69, 9.17) is 5.73 Å². The van der Waals surface area contributed by atoms with Crippen LogP contribution in [0.1, 0.15) is 64.2 Å². The average molecular weight is 263 g/mol. The number of aliphatic hydroxyl groups is 1. The minimum atomic E-state index is -0.529. The summed E-state index contributed by atoms with van der Waals surface area (Å²) in [5.74, 6) is 4.34. The molecule has 0 spiro atoms. The Morgan fingerprint density at radius 3 is 1.89 bits per heavy atom. The number of hydrogen-bond donors (Lipinski definition) is 2. The first kappa shape index (κ1) is 12.6. The van der Waals surface area contributed by atoms with Gasteiger partial charge in [0.2, 0.25) is 0 Å². The van der Waals surface area contributed by atoms with Gasteiger partial charge < -0.3 is 10.8 Å². The maximum Gasteiger partial charge on any atom is 0.0800 e. The van der Waals surface area contributed by atoms with Gasteiger partial charge in [-0.2, -0.15) is 0 Å². The smallest absolute Gasteiger partial charge is 0.0800 e. The summed E-state index contributed by atoms with van der Waals surface area (Å²) < 4.78 is 0. The zero-order chi connectivity index (χ0) is 13.0. The van der Waals surface area contributed by atoms with E-state index in [1.165, 1.54) is 51.4 Å². The first-order valence-electron chi connectivity index (χ1n) is 8.64. The summed E-state index contributed by atoms with van der Waals surface area (Å²) >= 11 is 0. The van der Waals surface area contributed by atoms with Gasteiger partial charge in [0.25, 0.3) is 0 Å². The SMILES string of the molecule is NC(C1C2CC3CC(C2)CC1C3)C1(O)CCCCC1. The molecule has 3 N–H and O–H groups in total. The summed E-state index contributed by atoms with van der Waals surface area (Å²) in [6.07, 6.45) is 12.7. The van der Waals surface area contributed by atoms with Crippen molar-refractivity contribution >= 4 is 0 Å². The number of nitrogens with two attached hydrogens (primary N) is 1. The molecule has 2 nitrogen and oxygen atoms in total. The maximum atomic E-state index is 11.0. The maximum absolute atomic E-state index is 11.0. The molecule has 4 bridgehead atoms. The zero-order valence-corrected chi connectivity index (χ0v) is 12.1. The van der Waals surface area contributed by atoms with Crippen LogP contribution in [-0.2, 0) is 0 Å². The predicted molar refractivity (Wildman–Crippen MR) is 76.5 cm³/mol. The second-order valence-electron chi connectivity index (χ2n) is 8.20. The van der Waals surface area contributed by atoms with Gasteiger partial charge in [0, 0.05) is 6.04 Å².